The lowest BCUT2D eigenvalue weighted by molar-refractivity contribution is -0.144. The number of amides is 1. The maximum atomic E-state index is 10.8. The summed E-state index contributed by atoms with van der Waals surface area (Å²) in [6, 6.07) is 0. The summed E-state index contributed by atoms with van der Waals surface area (Å²) in [7, 11) is 0. The van der Waals surface area contributed by atoms with Crippen molar-refractivity contribution < 1.29 is 4.79 Å². The average molecular weight is 150 g/mol. The van der Waals surface area contributed by atoms with Gasteiger partial charge in [0.15, 0.2) is 0 Å². The molecule has 0 aliphatic carbocycles. The molecular weight excluding hydrogens is 144 g/mol. The predicted octanol–water partition coefficient (Wildman–Crippen LogP) is 0.488. The number of likely N-dealkylation sites (tertiary alicyclic amines) is 1. The Bertz CT molecular complexity index is 260. The molecule has 0 bridgehead atoms. The fraction of sp³-hybridized carbons (Fsp3) is 0.500. The van der Waals surface area contributed by atoms with E-state index in [4.69, 9.17) is 12.0 Å². The van der Waals surface area contributed by atoms with Crippen molar-refractivity contribution in [1.29, 1.82) is 0 Å². The second kappa shape index (κ2) is 2.95. The molecule has 5 heteroatoms. The maximum Gasteiger partial charge on any atom is 0.225 e. The summed E-state index contributed by atoms with van der Waals surface area (Å²) in [6.07, 6.45) is 4.91. The Morgan fingerprint density at radius 3 is 3.18 bits per heavy atom. The molecule has 1 rings (SSSR count). The molecule has 1 heterocycles. The number of rotatable bonds is 2. The lowest BCUT2D eigenvalue weighted by Gasteiger charge is -2.35. The van der Waals surface area contributed by atoms with E-state index in [2.05, 4.69) is 15.9 Å². The molecule has 1 fully saturated rings. The summed E-state index contributed by atoms with van der Waals surface area (Å²) in [4.78, 5) is 14.7. The zero-order chi connectivity index (χ0) is 8.27. The van der Waals surface area contributed by atoms with Crippen molar-refractivity contribution in [3.63, 3.8) is 0 Å². The monoisotopic (exact) mass is 150 g/mol. The Morgan fingerprint density at radius 2 is 2.73 bits per heavy atom. The van der Waals surface area contributed by atoms with E-state index in [-0.39, 0.29) is 25.0 Å². The van der Waals surface area contributed by atoms with Crippen molar-refractivity contribution in [2.45, 2.75) is 12.6 Å². The molecule has 0 N–H and O–H groups in total. The first-order chi connectivity index (χ1) is 5.29. The highest BCUT2D eigenvalue weighted by molar-refractivity contribution is 5.83. The van der Waals surface area contributed by atoms with Crippen molar-refractivity contribution in [3.05, 3.63) is 10.4 Å². The third-order valence-electron chi connectivity index (χ3n) is 1.48. The lowest BCUT2D eigenvalue weighted by Crippen LogP contribution is -2.51. The summed E-state index contributed by atoms with van der Waals surface area (Å²) in [5.74, 6) is 2.26. The summed E-state index contributed by atoms with van der Waals surface area (Å²) < 4.78 is 0. The molecule has 1 amide bonds. The van der Waals surface area contributed by atoms with Gasteiger partial charge in [-0.15, -0.1) is 6.42 Å². The number of hydrogen-bond donors (Lipinski definition) is 0. The Labute approximate surface area is 63.6 Å². The van der Waals surface area contributed by atoms with Crippen LogP contribution in [0.2, 0.25) is 0 Å². The summed E-state index contributed by atoms with van der Waals surface area (Å²) in [6.45, 7) is 0.225. The highest BCUT2D eigenvalue weighted by Gasteiger charge is 2.34. The molecule has 0 saturated carbocycles. The van der Waals surface area contributed by atoms with Crippen molar-refractivity contribution in [2.75, 3.05) is 6.54 Å². The molecule has 1 aliphatic rings. The number of carbonyl (C=O) groups excluding carboxylic acids is 1. The minimum Gasteiger partial charge on any atom is -0.322 e. The van der Waals surface area contributed by atoms with Gasteiger partial charge in [-0.25, -0.2) is 0 Å². The molecule has 1 atom stereocenters. The van der Waals surface area contributed by atoms with Crippen LogP contribution in [0.15, 0.2) is 5.11 Å². The topological polar surface area (TPSA) is 69.1 Å². The minimum absolute atomic E-state index is 0.0552. The van der Waals surface area contributed by atoms with E-state index >= 15 is 0 Å². The summed E-state index contributed by atoms with van der Waals surface area (Å²) in [5, 5.41) is 3.37. The quantitative estimate of drug-likeness (QED) is 0.185. The second-order valence-electron chi connectivity index (χ2n) is 2.12. The molecule has 0 aromatic rings. The molecule has 1 unspecified atom stereocenters. The van der Waals surface area contributed by atoms with Crippen LogP contribution in [0.1, 0.15) is 6.42 Å². The van der Waals surface area contributed by atoms with E-state index < -0.39 is 0 Å². The van der Waals surface area contributed by atoms with Crippen molar-refractivity contribution in [1.82, 2.24) is 4.90 Å². The fourth-order valence-corrected chi connectivity index (χ4v) is 0.892. The molecule has 56 valence electrons. The molecule has 0 spiro atoms. The van der Waals surface area contributed by atoms with Crippen LogP contribution in [-0.4, -0.2) is 23.5 Å². The number of hydrogen-bond acceptors (Lipinski definition) is 2. The predicted molar refractivity (Wildman–Crippen MR) is 38.1 cm³/mol. The van der Waals surface area contributed by atoms with E-state index in [0.717, 1.165) is 0 Å². The van der Waals surface area contributed by atoms with Crippen LogP contribution in [-0.2, 0) is 4.79 Å². The smallest absolute Gasteiger partial charge is 0.225 e. The Morgan fingerprint density at radius 1 is 2.00 bits per heavy atom. The summed E-state index contributed by atoms with van der Waals surface area (Å²) in [5.41, 5.74) is 8.04. The van der Waals surface area contributed by atoms with Crippen molar-refractivity contribution in [3.8, 4) is 12.3 Å². The molecule has 0 aromatic carbocycles. The minimum atomic E-state index is -0.358. The van der Waals surface area contributed by atoms with Gasteiger partial charge in [-0.3, -0.25) is 4.79 Å². The number of terminal acetylenes is 1. The van der Waals surface area contributed by atoms with Crippen LogP contribution in [0, 0.1) is 12.3 Å². The zero-order valence-electron chi connectivity index (χ0n) is 5.77. The maximum absolute atomic E-state index is 10.8. The van der Waals surface area contributed by atoms with E-state index in [1.807, 2.05) is 0 Å². The van der Waals surface area contributed by atoms with Gasteiger partial charge >= 0.3 is 0 Å². The lowest BCUT2D eigenvalue weighted by atomic mass is 10.1. The van der Waals surface area contributed by atoms with Crippen LogP contribution >= 0.6 is 0 Å². The van der Waals surface area contributed by atoms with E-state index in [1.165, 1.54) is 4.90 Å². The molecule has 1 aliphatic heterocycles. The average Bonchev–Trinajstić information content (AvgIpc) is 2.00. The van der Waals surface area contributed by atoms with Crippen LogP contribution in [0.25, 0.3) is 10.4 Å². The van der Waals surface area contributed by atoms with Gasteiger partial charge in [0.05, 0.1) is 13.0 Å². The van der Waals surface area contributed by atoms with Crippen molar-refractivity contribution in [2.24, 2.45) is 5.11 Å². The van der Waals surface area contributed by atoms with Gasteiger partial charge < -0.3 is 4.90 Å². The molecule has 5 nitrogen and oxygen atoms in total. The molecular formula is C6H6N4O. The largest absolute Gasteiger partial charge is 0.322 e. The first-order valence-corrected chi connectivity index (χ1v) is 3.06. The first-order valence-electron chi connectivity index (χ1n) is 3.06. The highest BCUT2D eigenvalue weighted by atomic mass is 16.2. The van der Waals surface area contributed by atoms with Gasteiger partial charge in [0, 0.05) is 4.91 Å². The third kappa shape index (κ3) is 1.26. The van der Waals surface area contributed by atoms with Crippen LogP contribution in [0.3, 0.4) is 0 Å². The Hall–Kier alpha value is -1.66. The van der Waals surface area contributed by atoms with E-state index in [0.29, 0.717) is 0 Å². The molecule has 1 saturated heterocycles. The number of azide groups is 1. The second-order valence-corrected chi connectivity index (χ2v) is 2.12. The SMILES string of the molecule is C#CCN1C(=O)CC1N=[N+]=[N-]. The Kier molecular flexibility index (Phi) is 2.00. The van der Waals surface area contributed by atoms with Gasteiger partial charge in [-0.2, -0.15) is 0 Å². The van der Waals surface area contributed by atoms with E-state index in [9.17, 15) is 4.79 Å². The van der Waals surface area contributed by atoms with Crippen LogP contribution < -0.4 is 0 Å². The standard InChI is InChI=1S/C6H6N4O/c1-2-3-10-5(8-9-7)4-6(10)11/h1,5H,3-4H2. The third-order valence-corrected chi connectivity index (χ3v) is 1.48. The Balaban J connectivity index is 2.55. The number of carbonyl (C=O) groups is 1. The number of β-lactam (4-membered cyclic amide) rings is 1. The van der Waals surface area contributed by atoms with E-state index in [1.54, 1.807) is 0 Å². The van der Waals surface area contributed by atoms with Crippen molar-refractivity contribution >= 4 is 5.91 Å². The van der Waals surface area contributed by atoms with Crippen LogP contribution in [0.4, 0.5) is 0 Å². The van der Waals surface area contributed by atoms with Gasteiger partial charge in [0.1, 0.15) is 6.17 Å². The summed E-state index contributed by atoms with van der Waals surface area (Å²) >= 11 is 0. The highest BCUT2D eigenvalue weighted by Crippen LogP contribution is 2.19. The van der Waals surface area contributed by atoms with Gasteiger partial charge in [-0.1, -0.05) is 11.0 Å². The van der Waals surface area contributed by atoms with Crippen LogP contribution in [0.5, 0.6) is 0 Å². The first kappa shape index (κ1) is 7.45. The van der Waals surface area contributed by atoms with Gasteiger partial charge in [-0.05, 0) is 5.53 Å². The van der Waals surface area contributed by atoms with Gasteiger partial charge in [0.2, 0.25) is 5.91 Å². The normalized spacial score (nSPS) is 21.5. The molecule has 11 heavy (non-hydrogen) atoms. The molecule has 0 radical (unpaired) electrons. The fourth-order valence-electron chi connectivity index (χ4n) is 0.892. The zero-order valence-corrected chi connectivity index (χ0v) is 5.77. The molecule has 0 aromatic heterocycles. The van der Waals surface area contributed by atoms with Gasteiger partial charge in [0.25, 0.3) is 0 Å². The number of nitrogens with zero attached hydrogens (tertiary/aromatic N) is 4.